The lowest BCUT2D eigenvalue weighted by Gasteiger charge is -2.29. The molecule has 20 heavy (non-hydrogen) atoms. The topological polar surface area (TPSA) is 65.6 Å². The van der Waals surface area contributed by atoms with E-state index in [9.17, 15) is 4.79 Å². The molecule has 0 aromatic carbocycles. The first-order chi connectivity index (χ1) is 9.78. The highest BCUT2D eigenvalue weighted by molar-refractivity contribution is 14.1. The number of ether oxygens (including phenoxy) is 1. The van der Waals surface area contributed by atoms with Gasteiger partial charge in [0.15, 0.2) is 0 Å². The van der Waals surface area contributed by atoms with Gasteiger partial charge in [0.1, 0.15) is 0 Å². The van der Waals surface area contributed by atoms with Gasteiger partial charge in [-0.15, -0.1) is 0 Å². The number of carbonyl (C=O) groups is 1. The molecule has 1 aliphatic heterocycles. The van der Waals surface area contributed by atoms with Gasteiger partial charge in [0.25, 0.3) is 0 Å². The second kappa shape index (κ2) is 9.01. The average molecular weight is 396 g/mol. The van der Waals surface area contributed by atoms with Gasteiger partial charge < -0.3 is 15.4 Å². The van der Waals surface area contributed by atoms with Gasteiger partial charge in [0.05, 0.1) is 13.2 Å². The highest BCUT2D eigenvalue weighted by Crippen LogP contribution is 2.19. The van der Waals surface area contributed by atoms with E-state index in [1.54, 1.807) is 0 Å². The Kier molecular flexibility index (Phi) is 7.32. The van der Waals surface area contributed by atoms with Crippen LogP contribution in [0.5, 0.6) is 0 Å². The van der Waals surface area contributed by atoms with E-state index < -0.39 is 0 Å². The van der Waals surface area contributed by atoms with Gasteiger partial charge in [-0.2, -0.15) is 0 Å². The SMILES string of the molecule is O=C(NCCN1CCOCC1)N[C@H]1CC[C@H](NI)CC1. The van der Waals surface area contributed by atoms with E-state index in [-0.39, 0.29) is 6.03 Å². The summed E-state index contributed by atoms with van der Waals surface area (Å²) in [5, 5.41) is 6.03. The standard InChI is InChI=1S/C13H25IN4O2/c14-17-12-3-1-11(2-4-12)16-13(19)15-5-6-18-7-9-20-10-8-18/h11-12,17H,1-10H2,(H2,15,16,19)/t11-,12-. The zero-order valence-corrected chi connectivity index (χ0v) is 14.0. The summed E-state index contributed by atoms with van der Waals surface area (Å²) in [5.74, 6) is 0. The Morgan fingerprint density at radius 2 is 1.80 bits per heavy atom. The maximum absolute atomic E-state index is 11.8. The maximum Gasteiger partial charge on any atom is 0.315 e. The zero-order valence-electron chi connectivity index (χ0n) is 11.9. The van der Waals surface area contributed by atoms with Crippen molar-refractivity contribution in [3.05, 3.63) is 0 Å². The summed E-state index contributed by atoms with van der Waals surface area (Å²) >= 11 is 2.22. The van der Waals surface area contributed by atoms with Crippen molar-refractivity contribution >= 4 is 28.9 Å². The Hall–Kier alpha value is -0.120. The number of carbonyl (C=O) groups excluding carboxylic acids is 1. The minimum absolute atomic E-state index is 0.0239. The van der Waals surface area contributed by atoms with Gasteiger partial charge in [-0.1, -0.05) is 0 Å². The Morgan fingerprint density at radius 1 is 1.15 bits per heavy atom. The van der Waals surface area contributed by atoms with E-state index in [0.29, 0.717) is 18.6 Å². The summed E-state index contributed by atoms with van der Waals surface area (Å²) in [4.78, 5) is 14.1. The summed E-state index contributed by atoms with van der Waals surface area (Å²) in [6.45, 7) is 5.16. The van der Waals surface area contributed by atoms with Gasteiger partial charge in [-0.05, 0) is 25.7 Å². The first kappa shape index (κ1) is 16.3. The minimum Gasteiger partial charge on any atom is -0.379 e. The molecule has 6 nitrogen and oxygen atoms in total. The number of amides is 2. The third kappa shape index (κ3) is 5.71. The van der Waals surface area contributed by atoms with Crippen molar-refractivity contribution in [3.8, 4) is 0 Å². The predicted molar refractivity (Wildman–Crippen MR) is 87.0 cm³/mol. The van der Waals surface area contributed by atoms with Gasteiger partial charge >= 0.3 is 6.03 Å². The number of rotatable bonds is 5. The second-order valence-electron chi connectivity index (χ2n) is 5.51. The van der Waals surface area contributed by atoms with Crippen LogP contribution in [-0.2, 0) is 4.74 Å². The van der Waals surface area contributed by atoms with E-state index in [1.165, 1.54) is 0 Å². The van der Waals surface area contributed by atoms with Crippen LogP contribution in [0, 0.1) is 0 Å². The molecule has 0 atom stereocenters. The monoisotopic (exact) mass is 396 g/mol. The molecule has 0 bridgehead atoms. The molecule has 2 amide bonds. The second-order valence-corrected chi connectivity index (χ2v) is 6.13. The van der Waals surface area contributed by atoms with Crippen molar-refractivity contribution in [2.75, 3.05) is 39.4 Å². The molecule has 1 heterocycles. The summed E-state index contributed by atoms with van der Waals surface area (Å²) in [6, 6.07) is 0.918. The molecule has 0 unspecified atom stereocenters. The van der Waals surface area contributed by atoms with E-state index in [4.69, 9.17) is 4.74 Å². The largest absolute Gasteiger partial charge is 0.379 e. The Balaban J connectivity index is 1.54. The lowest BCUT2D eigenvalue weighted by Crippen LogP contribution is -2.47. The maximum atomic E-state index is 11.8. The average Bonchev–Trinajstić information content (AvgIpc) is 2.49. The van der Waals surface area contributed by atoms with Crippen LogP contribution in [0.3, 0.4) is 0 Å². The summed E-state index contributed by atoms with van der Waals surface area (Å²) in [5.41, 5.74) is 0. The van der Waals surface area contributed by atoms with Gasteiger partial charge in [0.2, 0.25) is 0 Å². The molecule has 7 heteroatoms. The smallest absolute Gasteiger partial charge is 0.315 e. The molecule has 1 saturated heterocycles. The normalized spacial score (nSPS) is 28.1. The van der Waals surface area contributed by atoms with E-state index in [1.807, 2.05) is 0 Å². The van der Waals surface area contributed by atoms with Crippen molar-refractivity contribution in [2.45, 2.75) is 37.8 Å². The fourth-order valence-electron chi connectivity index (χ4n) is 2.74. The molecule has 3 N–H and O–H groups in total. The molecule has 0 aromatic rings. The van der Waals surface area contributed by atoms with Gasteiger partial charge in [-0.25, -0.2) is 4.79 Å². The fourth-order valence-corrected chi connectivity index (χ4v) is 3.36. The summed E-state index contributed by atoms with van der Waals surface area (Å²) in [6.07, 6.45) is 4.42. The van der Waals surface area contributed by atoms with Crippen molar-refractivity contribution in [1.82, 2.24) is 19.1 Å². The minimum atomic E-state index is -0.0239. The van der Waals surface area contributed by atoms with Crippen LogP contribution in [0.25, 0.3) is 0 Å². The van der Waals surface area contributed by atoms with Gasteiger partial charge in [0, 0.05) is 61.1 Å². The lowest BCUT2D eigenvalue weighted by atomic mass is 9.92. The molecule has 2 rings (SSSR count). The third-order valence-corrected chi connectivity index (χ3v) is 4.91. The molecular weight excluding hydrogens is 371 g/mol. The van der Waals surface area contributed by atoms with Crippen LogP contribution in [0.1, 0.15) is 25.7 Å². The number of hydrogen-bond donors (Lipinski definition) is 3. The summed E-state index contributed by atoms with van der Waals surface area (Å²) in [7, 11) is 0. The predicted octanol–water partition coefficient (Wildman–Crippen LogP) is 0.869. The Morgan fingerprint density at radius 3 is 2.45 bits per heavy atom. The molecule has 2 fully saturated rings. The molecule has 1 saturated carbocycles. The van der Waals surface area contributed by atoms with Crippen LogP contribution in [0.2, 0.25) is 0 Å². The molecule has 2 aliphatic rings. The van der Waals surface area contributed by atoms with Crippen molar-refractivity contribution in [3.63, 3.8) is 0 Å². The lowest BCUT2D eigenvalue weighted by molar-refractivity contribution is 0.0387. The van der Waals surface area contributed by atoms with Crippen LogP contribution in [-0.4, -0.2) is 62.4 Å². The highest BCUT2D eigenvalue weighted by atomic mass is 127. The molecule has 0 radical (unpaired) electrons. The first-order valence-electron chi connectivity index (χ1n) is 7.48. The number of morpholine rings is 1. The Bertz CT molecular complexity index is 292. The van der Waals surface area contributed by atoms with Crippen molar-refractivity contribution < 1.29 is 9.53 Å². The molecule has 116 valence electrons. The molecule has 0 aromatic heterocycles. The van der Waals surface area contributed by atoms with Crippen molar-refractivity contribution in [1.29, 1.82) is 0 Å². The number of nitrogens with zero attached hydrogens (tertiary/aromatic N) is 1. The fraction of sp³-hybridized carbons (Fsp3) is 0.923. The number of urea groups is 1. The van der Waals surface area contributed by atoms with Crippen LogP contribution in [0.15, 0.2) is 0 Å². The summed E-state index contributed by atoms with van der Waals surface area (Å²) < 4.78 is 8.57. The van der Waals surface area contributed by atoms with Crippen molar-refractivity contribution in [2.24, 2.45) is 0 Å². The number of hydrogen-bond acceptors (Lipinski definition) is 4. The quantitative estimate of drug-likeness (QED) is 0.477. The van der Waals surface area contributed by atoms with Crippen LogP contribution in [0.4, 0.5) is 4.79 Å². The van der Waals surface area contributed by atoms with E-state index >= 15 is 0 Å². The number of nitrogens with one attached hydrogen (secondary N) is 3. The van der Waals surface area contributed by atoms with Crippen LogP contribution >= 0.6 is 22.9 Å². The van der Waals surface area contributed by atoms with Gasteiger partial charge in [-0.3, -0.25) is 8.43 Å². The molecule has 1 aliphatic carbocycles. The van der Waals surface area contributed by atoms with E-state index in [2.05, 4.69) is 41.9 Å². The van der Waals surface area contributed by atoms with E-state index in [0.717, 1.165) is 58.5 Å². The van der Waals surface area contributed by atoms with Crippen LogP contribution < -0.4 is 14.2 Å². The first-order valence-corrected chi connectivity index (χ1v) is 8.56. The highest BCUT2D eigenvalue weighted by Gasteiger charge is 2.21. The molecule has 0 spiro atoms. The Labute approximate surface area is 134 Å². The third-order valence-electron chi connectivity index (χ3n) is 4.03. The molecular formula is C13H25IN4O2. The zero-order chi connectivity index (χ0) is 14.2. The number of halogens is 1.